The van der Waals surface area contributed by atoms with Crippen molar-refractivity contribution in [2.75, 3.05) is 0 Å². The van der Waals surface area contributed by atoms with E-state index in [1.807, 2.05) is 24.3 Å². The molecule has 0 N–H and O–H groups in total. The van der Waals surface area contributed by atoms with Crippen molar-refractivity contribution in [1.82, 2.24) is 0 Å². The number of ketones is 1. The van der Waals surface area contributed by atoms with Gasteiger partial charge in [-0.25, -0.2) is 0 Å². The number of rotatable bonds is 2. The lowest BCUT2D eigenvalue weighted by Crippen LogP contribution is -2.08. The van der Waals surface area contributed by atoms with Crippen LogP contribution in [-0.4, -0.2) is 5.78 Å². The molecule has 3 rings (SSSR count). The Labute approximate surface area is 110 Å². The fourth-order valence-corrected chi connectivity index (χ4v) is 1.98. The molecule has 0 amide bonds. The summed E-state index contributed by atoms with van der Waals surface area (Å²) in [7, 11) is 0. The summed E-state index contributed by atoms with van der Waals surface area (Å²) in [5.41, 5.74) is 1.34. The highest BCUT2D eigenvalue weighted by atomic mass is 16.3. The molecule has 0 saturated heterocycles. The second kappa shape index (κ2) is 4.98. The van der Waals surface area contributed by atoms with E-state index < -0.39 is 0 Å². The molecule has 0 aliphatic heterocycles. The fourth-order valence-electron chi connectivity index (χ4n) is 1.98. The summed E-state index contributed by atoms with van der Waals surface area (Å²) in [5, 5.41) is 0. The summed E-state index contributed by atoms with van der Waals surface area (Å²) >= 11 is 0. The lowest BCUT2D eigenvalue weighted by Gasteiger charge is -2.09. The molecule has 94 valence electrons. The van der Waals surface area contributed by atoms with E-state index in [0.29, 0.717) is 23.5 Å². The van der Waals surface area contributed by atoms with Crippen LogP contribution in [0.5, 0.6) is 0 Å². The zero-order valence-corrected chi connectivity index (χ0v) is 10.2. The number of Topliss-reactive ketones (excluding diaryl/α,β-unsaturated/α-hetero) is 1. The highest BCUT2D eigenvalue weighted by Gasteiger charge is 2.17. The quantitative estimate of drug-likeness (QED) is 0.762. The molecule has 0 bridgehead atoms. The normalized spacial score (nSPS) is 19.5. The van der Waals surface area contributed by atoms with Crippen molar-refractivity contribution in [1.29, 1.82) is 0 Å². The molecule has 3 heteroatoms. The van der Waals surface area contributed by atoms with Gasteiger partial charge in [0.1, 0.15) is 11.5 Å². The van der Waals surface area contributed by atoms with Gasteiger partial charge in [-0.15, -0.1) is 0 Å². The van der Waals surface area contributed by atoms with Crippen LogP contribution in [0.4, 0.5) is 0 Å². The fraction of sp³-hybridized carbons (Fsp3) is 0.0625. The van der Waals surface area contributed by atoms with Gasteiger partial charge in [0.05, 0.1) is 12.5 Å². The van der Waals surface area contributed by atoms with Crippen molar-refractivity contribution in [2.24, 2.45) is 0 Å². The van der Waals surface area contributed by atoms with E-state index in [-0.39, 0.29) is 5.78 Å². The van der Waals surface area contributed by atoms with Gasteiger partial charge in [0, 0.05) is 11.1 Å². The van der Waals surface area contributed by atoms with E-state index in [4.69, 9.17) is 8.83 Å². The summed E-state index contributed by atoms with van der Waals surface area (Å²) in [6.07, 6.45) is 11.1. The smallest absolute Gasteiger partial charge is 0.189 e. The highest BCUT2D eigenvalue weighted by Crippen LogP contribution is 2.23. The van der Waals surface area contributed by atoms with Crippen LogP contribution in [0.1, 0.15) is 17.9 Å². The minimum atomic E-state index is 0.00954. The maximum atomic E-state index is 12.3. The van der Waals surface area contributed by atoms with Gasteiger partial charge in [-0.2, -0.15) is 0 Å². The molecule has 3 nitrogen and oxygen atoms in total. The molecule has 0 spiro atoms. The molecule has 2 aromatic rings. The molecule has 0 unspecified atom stereocenters. The van der Waals surface area contributed by atoms with Crippen LogP contribution in [0.25, 0.3) is 12.2 Å². The number of carbonyl (C=O) groups is 1. The van der Waals surface area contributed by atoms with Gasteiger partial charge in [-0.05, 0) is 42.8 Å². The van der Waals surface area contributed by atoms with Gasteiger partial charge < -0.3 is 8.83 Å². The van der Waals surface area contributed by atoms with Gasteiger partial charge in [-0.3, -0.25) is 4.79 Å². The molecular weight excluding hydrogens is 240 g/mol. The Morgan fingerprint density at radius 1 is 1.00 bits per heavy atom. The first kappa shape index (κ1) is 11.5. The topological polar surface area (TPSA) is 43.4 Å². The SMILES string of the molecule is O=C1/C(=C/c2ccco2)C=CC/C1=C\c1ccco1. The Morgan fingerprint density at radius 3 is 2.32 bits per heavy atom. The van der Waals surface area contributed by atoms with Crippen molar-refractivity contribution in [3.8, 4) is 0 Å². The predicted molar refractivity (Wildman–Crippen MR) is 72.1 cm³/mol. The zero-order valence-electron chi connectivity index (χ0n) is 10.2. The third kappa shape index (κ3) is 2.50. The van der Waals surface area contributed by atoms with Crippen molar-refractivity contribution in [3.05, 3.63) is 71.6 Å². The maximum Gasteiger partial charge on any atom is 0.189 e. The second-order valence-electron chi connectivity index (χ2n) is 4.24. The summed E-state index contributed by atoms with van der Waals surface area (Å²) in [6.45, 7) is 0. The largest absolute Gasteiger partial charge is 0.465 e. The van der Waals surface area contributed by atoms with Crippen molar-refractivity contribution in [2.45, 2.75) is 6.42 Å². The molecule has 19 heavy (non-hydrogen) atoms. The van der Waals surface area contributed by atoms with Crippen LogP contribution in [0, 0.1) is 0 Å². The number of hydrogen-bond acceptors (Lipinski definition) is 3. The summed E-state index contributed by atoms with van der Waals surface area (Å²) < 4.78 is 10.5. The first-order valence-electron chi connectivity index (χ1n) is 6.03. The third-order valence-corrected chi connectivity index (χ3v) is 2.89. The molecule has 2 heterocycles. The third-order valence-electron chi connectivity index (χ3n) is 2.89. The number of hydrogen-bond donors (Lipinski definition) is 0. The Morgan fingerprint density at radius 2 is 1.68 bits per heavy atom. The number of furan rings is 2. The first-order chi connectivity index (χ1) is 9.33. The van der Waals surface area contributed by atoms with E-state index in [2.05, 4.69) is 0 Å². The molecular formula is C16H12O3. The van der Waals surface area contributed by atoms with Gasteiger partial charge in [0.2, 0.25) is 0 Å². The van der Waals surface area contributed by atoms with Crippen LogP contribution < -0.4 is 0 Å². The van der Waals surface area contributed by atoms with E-state index in [1.165, 1.54) is 0 Å². The van der Waals surface area contributed by atoms with E-state index in [1.54, 1.807) is 36.8 Å². The number of carbonyl (C=O) groups excluding carboxylic acids is 1. The second-order valence-corrected chi connectivity index (χ2v) is 4.24. The summed E-state index contributed by atoms with van der Waals surface area (Å²) in [5.74, 6) is 1.37. The summed E-state index contributed by atoms with van der Waals surface area (Å²) in [4.78, 5) is 12.3. The van der Waals surface area contributed by atoms with Gasteiger partial charge in [0.15, 0.2) is 5.78 Å². The Kier molecular flexibility index (Phi) is 3.02. The van der Waals surface area contributed by atoms with E-state index in [9.17, 15) is 4.79 Å². The molecule has 0 radical (unpaired) electrons. The molecule has 2 aromatic heterocycles. The predicted octanol–water partition coefficient (Wildman–Crippen LogP) is 3.87. The van der Waals surface area contributed by atoms with Crippen LogP contribution >= 0.6 is 0 Å². The van der Waals surface area contributed by atoms with E-state index in [0.717, 1.165) is 5.57 Å². The van der Waals surface area contributed by atoms with Crippen molar-refractivity contribution < 1.29 is 13.6 Å². The maximum absolute atomic E-state index is 12.3. The minimum absolute atomic E-state index is 0.00954. The van der Waals surface area contributed by atoms with Gasteiger partial charge >= 0.3 is 0 Å². The summed E-state index contributed by atoms with van der Waals surface area (Å²) in [6, 6.07) is 7.24. The highest BCUT2D eigenvalue weighted by molar-refractivity contribution is 6.15. The monoisotopic (exact) mass is 252 g/mol. The van der Waals surface area contributed by atoms with Crippen LogP contribution in [0.3, 0.4) is 0 Å². The first-order valence-corrected chi connectivity index (χ1v) is 6.03. The van der Waals surface area contributed by atoms with Gasteiger partial charge in [0.25, 0.3) is 0 Å². The Hall–Kier alpha value is -2.55. The zero-order chi connectivity index (χ0) is 13.1. The van der Waals surface area contributed by atoms with E-state index >= 15 is 0 Å². The van der Waals surface area contributed by atoms with Crippen molar-refractivity contribution in [3.63, 3.8) is 0 Å². The van der Waals surface area contributed by atoms with Crippen LogP contribution in [0.15, 0.2) is 68.9 Å². The number of allylic oxidation sites excluding steroid dienone is 4. The molecule has 0 fully saturated rings. The lowest BCUT2D eigenvalue weighted by atomic mass is 9.93. The molecule has 0 atom stereocenters. The van der Waals surface area contributed by atoms with Crippen molar-refractivity contribution >= 4 is 17.9 Å². The molecule has 1 aliphatic rings. The average molecular weight is 252 g/mol. The minimum Gasteiger partial charge on any atom is -0.465 e. The molecule has 0 saturated carbocycles. The lowest BCUT2D eigenvalue weighted by molar-refractivity contribution is -0.112. The average Bonchev–Trinajstić information content (AvgIpc) is 3.07. The van der Waals surface area contributed by atoms with Crippen LogP contribution in [-0.2, 0) is 4.79 Å². The molecule has 1 aliphatic carbocycles. The molecule has 0 aromatic carbocycles. The van der Waals surface area contributed by atoms with Crippen LogP contribution in [0.2, 0.25) is 0 Å². The standard InChI is InChI=1S/C16H12O3/c17-16-12(10-14-6-2-8-18-14)4-1-5-13(16)11-15-7-3-9-19-15/h1-4,6-11H,5H2/b12-10+,13-11+. The Bertz CT molecular complexity index is 653. The van der Waals surface area contributed by atoms with Gasteiger partial charge in [-0.1, -0.05) is 12.2 Å². The Balaban J connectivity index is 1.92.